The van der Waals surface area contributed by atoms with E-state index in [9.17, 15) is 12.8 Å². The van der Waals surface area contributed by atoms with E-state index < -0.39 is 9.84 Å². The summed E-state index contributed by atoms with van der Waals surface area (Å²) in [6, 6.07) is 6.77. The zero-order valence-electron chi connectivity index (χ0n) is 13.0. The summed E-state index contributed by atoms with van der Waals surface area (Å²) in [6.07, 6.45) is 4.87. The van der Waals surface area contributed by atoms with Gasteiger partial charge in [-0.2, -0.15) is 5.10 Å². The third kappa shape index (κ3) is 3.79. The molecule has 0 spiro atoms. The lowest BCUT2D eigenvalue weighted by Gasteiger charge is -2.30. The summed E-state index contributed by atoms with van der Waals surface area (Å²) in [5, 5.41) is 4.22. The second-order valence-electron chi connectivity index (χ2n) is 6.04. The molecule has 1 aliphatic rings. The third-order valence-electron chi connectivity index (χ3n) is 4.31. The predicted molar refractivity (Wildman–Crippen MR) is 86.7 cm³/mol. The number of hydrogen-bond acceptors (Lipinski definition) is 4. The number of aromatic nitrogens is 2. The van der Waals surface area contributed by atoms with E-state index in [1.54, 1.807) is 24.4 Å². The van der Waals surface area contributed by atoms with Gasteiger partial charge in [0.2, 0.25) is 0 Å². The van der Waals surface area contributed by atoms with Crippen LogP contribution in [0.25, 0.3) is 5.69 Å². The molecule has 0 N–H and O–H groups in total. The van der Waals surface area contributed by atoms with Crippen LogP contribution in [-0.2, 0) is 16.4 Å². The Labute approximate surface area is 135 Å². The van der Waals surface area contributed by atoms with Crippen LogP contribution >= 0.6 is 0 Å². The van der Waals surface area contributed by atoms with E-state index in [0.717, 1.165) is 5.56 Å². The van der Waals surface area contributed by atoms with Gasteiger partial charge in [0.1, 0.15) is 21.3 Å². The van der Waals surface area contributed by atoms with Crippen LogP contribution < -0.4 is 0 Å². The van der Waals surface area contributed by atoms with E-state index in [4.69, 9.17) is 0 Å². The van der Waals surface area contributed by atoms with E-state index in [0.29, 0.717) is 25.1 Å². The van der Waals surface area contributed by atoms with Gasteiger partial charge in [-0.05, 0) is 32.0 Å². The maximum Gasteiger partial charge on any atom is 0.150 e. The van der Waals surface area contributed by atoms with Crippen LogP contribution in [0.5, 0.6) is 0 Å². The van der Waals surface area contributed by atoms with Crippen LogP contribution in [0.2, 0.25) is 0 Å². The molecule has 1 aliphatic heterocycles. The lowest BCUT2D eigenvalue weighted by atomic mass is 10.1. The monoisotopic (exact) mass is 337 g/mol. The van der Waals surface area contributed by atoms with Crippen molar-refractivity contribution in [3.8, 4) is 5.69 Å². The Morgan fingerprint density at radius 3 is 2.70 bits per heavy atom. The molecule has 124 valence electrons. The van der Waals surface area contributed by atoms with Crippen molar-refractivity contribution in [1.29, 1.82) is 0 Å². The number of hydrogen-bond donors (Lipinski definition) is 0. The largest absolute Gasteiger partial charge is 0.299 e. The van der Waals surface area contributed by atoms with Crippen molar-refractivity contribution in [1.82, 2.24) is 14.7 Å². The molecule has 1 saturated heterocycles. The van der Waals surface area contributed by atoms with Crippen LogP contribution in [0.1, 0.15) is 18.4 Å². The minimum atomic E-state index is -2.84. The number of halogens is 1. The molecule has 0 amide bonds. The van der Waals surface area contributed by atoms with Gasteiger partial charge in [0.05, 0.1) is 17.7 Å². The molecule has 1 aromatic carbocycles. The molecular formula is C16H20FN3O2S. The normalized spacial score (nSPS) is 18.4. The fourth-order valence-electron chi connectivity index (χ4n) is 2.95. The van der Waals surface area contributed by atoms with Crippen molar-refractivity contribution < 1.29 is 12.8 Å². The van der Waals surface area contributed by atoms with Gasteiger partial charge in [0.15, 0.2) is 0 Å². The Balaban J connectivity index is 1.66. The zero-order valence-corrected chi connectivity index (χ0v) is 13.8. The zero-order chi connectivity index (χ0) is 16.4. The smallest absolute Gasteiger partial charge is 0.150 e. The molecule has 1 fully saturated rings. The highest BCUT2D eigenvalue weighted by atomic mass is 32.2. The Kier molecular flexibility index (Phi) is 4.50. The van der Waals surface area contributed by atoms with Crippen LogP contribution in [0.4, 0.5) is 4.39 Å². The van der Waals surface area contributed by atoms with Gasteiger partial charge in [-0.1, -0.05) is 12.1 Å². The first-order chi connectivity index (χ1) is 10.9. The van der Waals surface area contributed by atoms with Gasteiger partial charge in [0.25, 0.3) is 0 Å². The first-order valence-electron chi connectivity index (χ1n) is 7.64. The molecule has 2 aromatic rings. The van der Waals surface area contributed by atoms with Gasteiger partial charge in [-0.3, -0.25) is 4.90 Å². The molecule has 3 rings (SSSR count). The fraction of sp³-hybridized carbons (Fsp3) is 0.438. The highest BCUT2D eigenvalue weighted by Gasteiger charge is 2.26. The SMILES string of the molecule is CN(Cc1cnn(-c2ccccc2F)c1)C1CCS(=O)(=O)CC1. The van der Waals surface area contributed by atoms with Crippen LogP contribution in [-0.4, -0.2) is 47.7 Å². The standard InChI is InChI=1S/C16H20FN3O2S/c1-19(14-6-8-23(21,22)9-7-14)11-13-10-18-20(12-13)16-5-3-2-4-15(16)17/h2-5,10,12,14H,6-9,11H2,1H3. The average Bonchev–Trinajstić information content (AvgIpc) is 2.95. The summed E-state index contributed by atoms with van der Waals surface area (Å²) in [7, 11) is -0.854. The highest BCUT2D eigenvalue weighted by Crippen LogP contribution is 2.19. The van der Waals surface area contributed by atoms with Crippen molar-refractivity contribution in [3.63, 3.8) is 0 Å². The van der Waals surface area contributed by atoms with E-state index >= 15 is 0 Å². The summed E-state index contributed by atoms with van der Waals surface area (Å²) >= 11 is 0. The van der Waals surface area contributed by atoms with Crippen molar-refractivity contribution in [2.75, 3.05) is 18.6 Å². The van der Waals surface area contributed by atoms with Gasteiger partial charge in [0, 0.05) is 24.3 Å². The fourth-order valence-corrected chi connectivity index (χ4v) is 4.41. The summed E-state index contributed by atoms with van der Waals surface area (Å²) in [4.78, 5) is 2.15. The summed E-state index contributed by atoms with van der Waals surface area (Å²) in [5.74, 6) is 0.209. The Morgan fingerprint density at radius 1 is 1.30 bits per heavy atom. The van der Waals surface area contributed by atoms with Gasteiger partial charge < -0.3 is 0 Å². The number of para-hydroxylation sites is 1. The minimum Gasteiger partial charge on any atom is -0.299 e. The molecule has 0 radical (unpaired) electrons. The molecule has 0 unspecified atom stereocenters. The first kappa shape index (κ1) is 16.1. The van der Waals surface area contributed by atoms with Crippen molar-refractivity contribution in [2.24, 2.45) is 0 Å². The quantitative estimate of drug-likeness (QED) is 0.856. The predicted octanol–water partition coefficient (Wildman–Crippen LogP) is 2.02. The number of nitrogens with zero attached hydrogens (tertiary/aromatic N) is 3. The van der Waals surface area contributed by atoms with Gasteiger partial charge in [-0.15, -0.1) is 0 Å². The molecule has 1 aromatic heterocycles. The Hall–Kier alpha value is -1.73. The summed E-state index contributed by atoms with van der Waals surface area (Å²) in [5.41, 5.74) is 1.40. The van der Waals surface area contributed by atoms with E-state index in [1.807, 2.05) is 13.2 Å². The number of benzene rings is 1. The maximum atomic E-state index is 13.8. The van der Waals surface area contributed by atoms with E-state index in [1.165, 1.54) is 10.7 Å². The molecule has 23 heavy (non-hydrogen) atoms. The number of sulfone groups is 1. The molecule has 0 aliphatic carbocycles. The maximum absolute atomic E-state index is 13.8. The topological polar surface area (TPSA) is 55.2 Å². The first-order valence-corrected chi connectivity index (χ1v) is 9.46. The van der Waals surface area contributed by atoms with E-state index in [-0.39, 0.29) is 23.4 Å². The third-order valence-corrected chi connectivity index (χ3v) is 6.03. The van der Waals surface area contributed by atoms with E-state index in [2.05, 4.69) is 10.00 Å². The van der Waals surface area contributed by atoms with Gasteiger partial charge >= 0.3 is 0 Å². The second kappa shape index (κ2) is 6.41. The van der Waals surface area contributed by atoms with Crippen LogP contribution in [0, 0.1) is 5.82 Å². The molecular weight excluding hydrogens is 317 g/mol. The van der Waals surface area contributed by atoms with Crippen LogP contribution in [0.3, 0.4) is 0 Å². The van der Waals surface area contributed by atoms with Crippen molar-refractivity contribution >= 4 is 9.84 Å². The average molecular weight is 337 g/mol. The van der Waals surface area contributed by atoms with Crippen molar-refractivity contribution in [3.05, 3.63) is 48.0 Å². The molecule has 5 nitrogen and oxygen atoms in total. The highest BCUT2D eigenvalue weighted by molar-refractivity contribution is 7.91. The molecule has 0 bridgehead atoms. The lowest BCUT2D eigenvalue weighted by Crippen LogP contribution is -2.38. The molecule has 0 atom stereocenters. The Bertz CT molecular complexity index is 774. The summed E-state index contributed by atoms with van der Waals surface area (Å²) in [6.45, 7) is 0.666. The van der Waals surface area contributed by atoms with Crippen molar-refractivity contribution in [2.45, 2.75) is 25.4 Å². The molecule has 0 saturated carbocycles. The minimum absolute atomic E-state index is 0.260. The van der Waals surface area contributed by atoms with Crippen LogP contribution in [0.15, 0.2) is 36.7 Å². The second-order valence-corrected chi connectivity index (χ2v) is 8.35. The van der Waals surface area contributed by atoms with Gasteiger partial charge in [-0.25, -0.2) is 17.5 Å². The number of rotatable bonds is 4. The molecule has 7 heteroatoms. The lowest BCUT2D eigenvalue weighted by molar-refractivity contribution is 0.218. The Morgan fingerprint density at radius 2 is 2.00 bits per heavy atom. The summed E-state index contributed by atoms with van der Waals surface area (Å²) < 4.78 is 38.3. The molecule has 2 heterocycles.